The summed E-state index contributed by atoms with van der Waals surface area (Å²) in [6.45, 7) is 2.47. The van der Waals surface area contributed by atoms with Gasteiger partial charge in [0.2, 0.25) is 11.7 Å². The molecule has 0 aliphatic rings. The fourth-order valence-corrected chi connectivity index (χ4v) is 3.12. The third kappa shape index (κ3) is 4.46. The van der Waals surface area contributed by atoms with E-state index in [4.69, 9.17) is 18.7 Å². The topological polar surface area (TPSA) is 102 Å². The van der Waals surface area contributed by atoms with Crippen molar-refractivity contribution in [3.05, 3.63) is 70.8 Å². The van der Waals surface area contributed by atoms with Crippen LogP contribution >= 0.6 is 0 Å². The van der Waals surface area contributed by atoms with E-state index in [9.17, 15) is 4.79 Å². The molecule has 0 radical (unpaired) electrons. The quantitative estimate of drug-likeness (QED) is 0.416. The average Bonchev–Trinajstić information content (AvgIpc) is 3.29. The molecule has 32 heavy (non-hydrogen) atoms. The van der Waals surface area contributed by atoms with E-state index in [-0.39, 0.29) is 18.0 Å². The molecule has 0 spiro atoms. The molecule has 164 valence electrons. The smallest absolute Gasteiger partial charge is 0.267 e. The highest BCUT2D eigenvalue weighted by molar-refractivity contribution is 5.61. The number of methoxy groups -OCH3 is 2. The van der Waals surface area contributed by atoms with E-state index in [0.29, 0.717) is 35.2 Å². The van der Waals surface area contributed by atoms with Crippen molar-refractivity contribution in [3.8, 4) is 39.9 Å². The van der Waals surface area contributed by atoms with Crippen LogP contribution in [0.15, 0.2) is 63.9 Å². The lowest BCUT2D eigenvalue weighted by Crippen LogP contribution is -2.23. The molecule has 0 bridgehead atoms. The zero-order chi connectivity index (χ0) is 22.5. The number of nitrogens with zero attached hydrogens (tertiary/aromatic N) is 4. The highest BCUT2D eigenvalue weighted by Crippen LogP contribution is 2.31. The van der Waals surface area contributed by atoms with Gasteiger partial charge in [-0.1, -0.05) is 5.16 Å². The fraction of sp³-hybridized carbons (Fsp3) is 0.217. The second kappa shape index (κ2) is 9.34. The van der Waals surface area contributed by atoms with Crippen molar-refractivity contribution in [3.63, 3.8) is 0 Å². The number of benzene rings is 2. The van der Waals surface area contributed by atoms with E-state index < -0.39 is 0 Å². The molecule has 2 aromatic carbocycles. The Morgan fingerprint density at radius 3 is 2.44 bits per heavy atom. The summed E-state index contributed by atoms with van der Waals surface area (Å²) in [6, 6.07) is 15.9. The number of ether oxygens (including phenoxy) is 3. The van der Waals surface area contributed by atoms with Crippen molar-refractivity contribution in [1.82, 2.24) is 19.9 Å². The third-order valence-electron chi connectivity index (χ3n) is 4.73. The van der Waals surface area contributed by atoms with Crippen LogP contribution in [0.25, 0.3) is 22.6 Å². The largest absolute Gasteiger partial charge is 0.497 e. The van der Waals surface area contributed by atoms with Gasteiger partial charge in [-0.15, -0.1) is 0 Å². The van der Waals surface area contributed by atoms with Crippen LogP contribution in [0.2, 0.25) is 0 Å². The molecule has 2 aromatic heterocycles. The zero-order valence-corrected chi connectivity index (χ0v) is 17.9. The Labute approximate surface area is 184 Å². The standard InChI is InChI=1S/C23H22N4O5/c1-4-31-19-11-7-16(13-20(19)30-3)23-24-21(32-26-23)14-27-22(28)12-10-18(25-27)15-5-8-17(29-2)9-6-15/h5-13H,4,14H2,1-3H3. The van der Waals surface area contributed by atoms with Crippen molar-refractivity contribution in [1.29, 1.82) is 0 Å². The molecule has 4 aromatic rings. The van der Waals surface area contributed by atoms with Gasteiger partial charge in [0.05, 0.1) is 26.5 Å². The van der Waals surface area contributed by atoms with E-state index in [2.05, 4.69) is 15.2 Å². The second-order valence-corrected chi connectivity index (χ2v) is 6.75. The van der Waals surface area contributed by atoms with Crippen LogP contribution < -0.4 is 19.8 Å². The summed E-state index contributed by atoms with van der Waals surface area (Å²) in [5.74, 6) is 2.58. The predicted molar refractivity (Wildman–Crippen MR) is 117 cm³/mol. The summed E-state index contributed by atoms with van der Waals surface area (Å²) < 4.78 is 22.7. The van der Waals surface area contributed by atoms with Crippen molar-refractivity contribution >= 4 is 0 Å². The van der Waals surface area contributed by atoms with E-state index in [0.717, 1.165) is 11.3 Å². The van der Waals surface area contributed by atoms with Gasteiger partial charge in [0.15, 0.2) is 11.5 Å². The van der Waals surface area contributed by atoms with Gasteiger partial charge in [-0.2, -0.15) is 10.1 Å². The maximum Gasteiger partial charge on any atom is 0.267 e. The molecule has 4 rings (SSSR count). The van der Waals surface area contributed by atoms with Crippen LogP contribution in [-0.2, 0) is 6.54 Å². The van der Waals surface area contributed by atoms with E-state index in [1.54, 1.807) is 32.4 Å². The van der Waals surface area contributed by atoms with Crippen LogP contribution in [0.4, 0.5) is 0 Å². The molecular weight excluding hydrogens is 412 g/mol. The summed E-state index contributed by atoms with van der Waals surface area (Å²) in [7, 11) is 3.17. The molecule has 0 fully saturated rings. The van der Waals surface area contributed by atoms with Crippen LogP contribution in [0.3, 0.4) is 0 Å². The first-order valence-electron chi connectivity index (χ1n) is 9.97. The van der Waals surface area contributed by atoms with Gasteiger partial charge in [0.1, 0.15) is 12.3 Å². The summed E-state index contributed by atoms with van der Waals surface area (Å²) in [5, 5.41) is 8.46. The Hall–Kier alpha value is -4.14. The van der Waals surface area contributed by atoms with Crippen molar-refractivity contribution in [2.24, 2.45) is 0 Å². The number of hydrogen-bond donors (Lipinski definition) is 0. The highest BCUT2D eigenvalue weighted by atomic mass is 16.5. The maximum absolute atomic E-state index is 12.3. The predicted octanol–water partition coefficient (Wildman–Crippen LogP) is 3.42. The molecule has 0 saturated carbocycles. The van der Waals surface area contributed by atoms with Gasteiger partial charge in [0, 0.05) is 17.2 Å². The first-order chi connectivity index (χ1) is 15.6. The second-order valence-electron chi connectivity index (χ2n) is 6.75. The molecule has 9 heteroatoms. The maximum atomic E-state index is 12.3. The third-order valence-corrected chi connectivity index (χ3v) is 4.73. The van der Waals surface area contributed by atoms with Gasteiger partial charge in [-0.3, -0.25) is 4.79 Å². The number of rotatable bonds is 8. The lowest BCUT2D eigenvalue weighted by Gasteiger charge is -2.09. The summed E-state index contributed by atoms with van der Waals surface area (Å²) in [4.78, 5) is 16.7. The normalized spacial score (nSPS) is 10.7. The molecule has 0 saturated heterocycles. The van der Waals surface area contributed by atoms with Crippen LogP contribution in [0.1, 0.15) is 12.8 Å². The fourth-order valence-electron chi connectivity index (χ4n) is 3.12. The molecule has 0 amide bonds. The van der Waals surface area contributed by atoms with Crippen LogP contribution in [0.5, 0.6) is 17.2 Å². The SMILES string of the molecule is CCOc1ccc(-c2noc(Cn3nc(-c4ccc(OC)cc4)ccc3=O)n2)cc1OC. The minimum atomic E-state index is -0.273. The lowest BCUT2D eigenvalue weighted by molar-refractivity contribution is 0.311. The van der Waals surface area contributed by atoms with Gasteiger partial charge in [-0.25, -0.2) is 4.68 Å². The van der Waals surface area contributed by atoms with Crippen molar-refractivity contribution < 1.29 is 18.7 Å². The molecular formula is C23H22N4O5. The van der Waals surface area contributed by atoms with Gasteiger partial charge in [-0.05, 0) is 55.5 Å². The van der Waals surface area contributed by atoms with E-state index in [1.807, 2.05) is 37.3 Å². The Kier molecular flexibility index (Phi) is 6.16. The first kappa shape index (κ1) is 21.1. The highest BCUT2D eigenvalue weighted by Gasteiger charge is 2.14. The van der Waals surface area contributed by atoms with Gasteiger partial charge >= 0.3 is 0 Å². The summed E-state index contributed by atoms with van der Waals surface area (Å²) in [6.07, 6.45) is 0. The Balaban J connectivity index is 1.57. The zero-order valence-electron chi connectivity index (χ0n) is 17.9. The summed E-state index contributed by atoms with van der Waals surface area (Å²) in [5.41, 5.74) is 1.92. The number of hydrogen-bond acceptors (Lipinski definition) is 8. The summed E-state index contributed by atoms with van der Waals surface area (Å²) >= 11 is 0. The first-order valence-corrected chi connectivity index (χ1v) is 9.97. The van der Waals surface area contributed by atoms with Crippen molar-refractivity contribution in [2.45, 2.75) is 13.5 Å². The van der Waals surface area contributed by atoms with Crippen LogP contribution in [0, 0.1) is 0 Å². The molecule has 0 atom stereocenters. The Bertz CT molecular complexity index is 1260. The van der Waals surface area contributed by atoms with E-state index in [1.165, 1.54) is 10.7 Å². The van der Waals surface area contributed by atoms with Crippen molar-refractivity contribution in [2.75, 3.05) is 20.8 Å². The number of aromatic nitrogens is 4. The van der Waals surface area contributed by atoms with Crippen LogP contribution in [-0.4, -0.2) is 40.7 Å². The minimum Gasteiger partial charge on any atom is -0.497 e. The Morgan fingerprint density at radius 1 is 0.938 bits per heavy atom. The molecule has 9 nitrogen and oxygen atoms in total. The Morgan fingerprint density at radius 2 is 1.72 bits per heavy atom. The van der Waals surface area contributed by atoms with E-state index >= 15 is 0 Å². The van der Waals surface area contributed by atoms with Gasteiger partial charge < -0.3 is 18.7 Å². The molecule has 0 aliphatic heterocycles. The van der Waals surface area contributed by atoms with Gasteiger partial charge in [0.25, 0.3) is 5.56 Å². The lowest BCUT2D eigenvalue weighted by atomic mass is 10.1. The molecule has 2 heterocycles. The minimum absolute atomic E-state index is 0.0456. The molecule has 0 N–H and O–H groups in total. The average molecular weight is 434 g/mol. The molecule has 0 unspecified atom stereocenters. The monoisotopic (exact) mass is 434 g/mol. The molecule has 0 aliphatic carbocycles.